The summed E-state index contributed by atoms with van der Waals surface area (Å²) in [6.45, 7) is 0. The monoisotopic (exact) mass is 504 g/mol. The number of pyridine rings is 1. The zero-order chi connectivity index (χ0) is 25.3. The average Bonchev–Trinajstić information content (AvgIpc) is 2.88. The second kappa shape index (κ2) is 9.36. The van der Waals surface area contributed by atoms with E-state index in [-0.39, 0.29) is 16.5 Å². The lowest BCUT2D eigenvalue weighted by molar-refractivity contribution is -0.991. The third-order valence-corrected chi connectivity index (χ3v) is 6.80. The van der Waals surface area contributed by atoms with Crippen molar-refractivity contribution in [3.63, 3.8) is 0 Å². The molecule has 36 heavy (non-hydrogen) atoms. The van der Waals surface area contributed by atoms with E-state index in [1.807, 2.05) is 6.07 Å². The molecule has 0 saturated heterocycles. The summed E-state index contributed by atoms with van der Waals surface area (Å²) in [5.41, 5.74) is 2.56. The molecule has 3 aromatic carbocycles. The Morgan fingerprint density at radius 3 is 2.39 bits per heavy atom. The molecule has 0 aliphatic heterocycles. The molecular formula is C24H20N6O5S. The van der Waals surface area contributed by atoms with Crippen molar-refractivity contribution < 1.29 is 23.6 Å². The van der Waals surface area contributed by atoms with Gasteiger partial charge in [-0.25, -0.2) is 33.3 Å². The number of aromatic nitrogens is 3. The zero-order valence-electron chi connectivity index (χ0n) is 18.8. The highest BCUT2D eigenvalue weighted by Crippen LogP contribution is 2.36. The number of fused-ring (bicyclic) bond motifs is 2. The number of hydrogen-bond donors (Lipinski definition) is 4. The Morgan fingerprint density at radius 1 is 0.944 bits per heavy atom. The largest absolute Gasteiger partial charge is 0.595 e. The van der Waals surface area contributed by atoms with Crippen molar-refractivity contribution in [2.24, 2.45) is 0 Å². The Labute approximate surface area is 205 Å². The minimum absolute atomic E-state index is 0.0240. The first-order valence-corrected chi connectivity index (χ1v) is 12.1. The topological polar surface area (TPSA) is 154 Å². The number of rotatable bonds is 7. The number of sulfonamides is 1. The van der Waals surface area contributed by atoms with Crippen LogP contribution in [0.3, 0.4) is 0 Å². The number of methoxy groups -OCH3 is 1. The number of ether oxygens (including phenoxy) is 1. The number of benzene rings is 3. The van der Waals surface area contributed by atoms with Crippen molar-refractivity contribution in [2.75, 3.05) is 17.1 Å². The van der Waals surface area contributed by atoms with Gasteiger partial charge >= 0.3 is 0 Å². The van der Waals surface area contributed by atoms with E-state index in [1.165, 1.54) is 36.7 Å². The van der Waals surface area contributed by atoms with Gasteiger partial charge in [0, 0.05) is 41.0 Å². The summed E-state index contributed by atoms with van der Waals surface area (Å²) in [7, 11) is -2.31. The van der Waals surface area contributed by atoms with Crippen LogP contribution in [0.25, 0.3) is 21.8 Å². The number of nitrogens with zero attached hydrogens (tertiary/aromatic N) is 3. The molecule has 11 nitrogen and oxygen atoms in total. The van der Waals surface area contributed by atoms with Gasteiger partial charge in [-0.1, -0.05) is 0 Å². The van der Waals surface area contributed by atoms with Crippen LogP contribution in [0, 0.1) is 5.21 Å². The van der Waals surface area contributed by atoms with Gasteiger partial charge in [0.2, 0.25) is 5.95 Å². The van der Waals surface area contributed by atoms with Gasteiger partial charge in [0.1, 0.15) is 5.75 Å². The molecule has 4 N–H and O–H groups in total. The van der Waals surface area contributed by atoms with Gasteiger partial charge in [-0.15, -0.1) is 0 Å². The van der Waals surface area contributed by atoms with Crippen LogP contribution >= 0.6 is 0 Å². The third kappa shape index (κ3) is 4.61. The molecule has 12 heteroatoms. The second-order valence-electron chi connectivity index (χ2n) is 7.73. The van der Waals surface area contributed by atoms with Crippen molar-refractivity contribution in [1.82, 2.24) is 15.0 Å². The zero-order valence-corrected chi connectivity index (χ0v) is 19.7. The minimum Gasteiger partial charge on any atom is -0.595 e. The molecule has 0 spiro atoms. The van der Waals surface area contributed by atoms with Crippen molar-refractivity contribution in [3.8, 4) is 5.75 Å². The van der Waals surface area contributed by atoms with Gasteiger partial charge in [0.25, 0.3) is 10.0 Å². The maximum Gasteiger partial charge on any atom is 0.264 e. The first-order chi connectivity index (χ1) is 17.3. The Morgan fingerprint density at radius 2 is 1.69 bits per heavy atom. The summed E-state index contributed by atoms with van der Waals surface area (Å²) in [5.74, 6) is 0.605. The summed E-state index contributed by atoms with van der Waals surface area (Å²) in [4.78, 5) is 12.4. The first-order valence-electron chi connectivity index (χ1n) is 10.7. The predicted octanol–water partition coefficient (Wildman–Crippen LogP) is 3.13. The highest BCUT2D eigenvalue weighted by Gasteiger charge is 2.17. The van der Waals surface area contributed by atoms with Gasteiger partial charge in [-0.2, -0.15) is 5.23 Å². The van der Waals surface area contributed by atoms with E-state index in [0.717, 1.165) is 5.39 Å². The van der Waals surface area contributed by atoms with Crippen LogP contribution in [0.5, 0.6) is 5.75 Å². The molecule has 1 atom stereocenters. The van der Waals surface area contributed by atoms with Crippen molar-refractivity contribution >= 4 is 54.8 Å². The molecule has 0 aliphatic carbocycles. The van der Waals surface area contributed by atoms with Crippen LogP contribution in [-0.4, -0.2) is 35.7 Å². The van der Waals surface area contributed by atoms with E-state index in [4.69, 9.17) is 4.74 Å². The molecule has 0 aliphatic rings. The molecule has 0 radical (unpaired) electrons. The molecule has 5 rings (SSSR count). The Hall–Kier alpha value is -4.36. The minimum atomic E-state index is -3.88. The predicted molar refractivity (Wildman–Crippen MR) is 134 cm³/mol. The summed E-state index contributed by atoms with van der Waals surface area (Å²) in [5, 5.41) is 24.6. The standard InChI is InChI=1S/C24H20N6O5S/c1-35-17-6-10-21-20(14-17)23(19-9-5-16(30(31)32)13-22(19)28-21)27-15-3-7-18(8-4-15)36(33,34)29-24-25-11-2-12-26-24/h2-14,30-31H,1H3,(H,27,28)(H,25,26,29). The number of hydrogen-bond acceptors (Lipinski definition) is 9. The lowest BCUT2D eigenvalue weighted by Crippen LogP contribution is -2.99. The molecule has 5 aromatic rings. The summed E-state index contributed by atoms with van der Waals surface area (Å²) >= 11 is 0. The van der Waals surface area contributed by atoms with E-state index >= 15 is 0 Å². The normalized spacial score (nSPS) is 12.4. The first kappa shape index (κ1) is 23.4. The van der Waals surface area contributed by atoms with E-state index < -0.39 is 15.2 Å². The van der Waals surface area contributed by atoms with E-state index in [2.05, 4.69) is 25.0 Å². The van der Waals surface area contributed by atoms with Crippen molar-refractivity contribution in [2.45, 2.75) is 4.90 Å². The van der Waals surface area contributed by atoms with Crippen molar-refractivity contribution in [3.05, 3.63) is 84.3 Å². The summed E-state index contributed by atoms with van der Waals surface area (Å²) in [6, 6.07) is 17.9. The van der Waals surface area contributed by atoms with Crippen LogP contribution < -0.4 is 20.0 Å². The SMILES string of the molecule is COc1ccc2nc3cc([NH+]([O-])O)ccc3c(Nc3ccc(S(=O)(=O)Nc4ncccn4)cc3)c2c1. The van der Waals surface area contributed by atoms with Gasteiger partial charge < -0.3 is 15.3 Å². The number of nitrogens with one attached hydrogen (secondary N) is 3. The van der Waals surface area contributed by atoms with Crippen LogP contribution in [-0.2, 0) is 10.0 Å². The van der Waals surface area contributed by atoms with Gasteiger partial charge in [-0.3, -0.25) is 0 Å². The molecule has 0 amide bonds. The molecule has 182 valence electrons. The number of quaternary nitrogens is 1. The summed E-state index contributed by atoms with van der Waals surface area (Å²) in [6.07, 6.45) is 2.88. The van der Waals surface area contributed by atoms with Gasteiger partial charge in [0.05, 0.1) is 28.7 Å². The lowest BCUT2D eigenvalue weighted by atomic mass is 10.1. The Kier molecular flexibility index (Phi) is 6.08. The summed E-state index contributed by atoms with van der Waals surface area (Å²) < 4.78 is 33.1. The molecule has 1 unspecified atom stereocenters. The highest BCUT2D eigenvalue weighted by molar-refractivity contribution is 7.92. The molecule has 0 fully saturated rings. The van der Waals surface area contributed by atoms with Gasteiger partial charge in [-0.05, 0) is 54.6 Å². The van der Waals surface area contributed by atoms with E-state index in [0.29, 0.717) is 33.5 Å². The molecular weight excluding hydrogens is 484 g/mol. The fourth-order valence-corrected chi connectivity index (χ4v) is 4.67. The maximum absolute atomic E-state index is 12.7. The van der Waals surface area contributed by atoms with Crippen LogP contribution in [0.2, 0.25) is 0 Å². The molecule has 0 saturated carbocycles. The maximum atomic E-state index is 12.7. The molecule has 2 heterocycles. The Balaban J connectivity index is 1.54. The fraction of sp³-hybridized carbons (Fsp3) is 0.0417. The van der Waals surface area contributed by atoms with E-state index in [1.54, 1.807) is 43.5 Å². The highest BCUT2D eigenvalue weighted by atomic mass is 32.2. The van der Waals surface area contributed by atoms with Gasteiger partial charge in [0.15, 0.2) is 5.69 Å². The molecule has 2 aromatic heterocycles. The fourth-order valence-electron chi connectivity index (χ4n) is 3.71. The third-order valence-electron chi connectivity index (χ3n) is 5.45. The molecule has 0 bridgehead atoms. The van der Waals surface area contributed by atoms with E-state index in [9.17, 15) is 18.8 Å². The van der Waals surface area contributed by atoms with Crippen LogP contribution in [0.4, 0.5) is 23.0 Å². The Bertz CT molecular complexity index is 1660. The van der Waals surface area contributed by atoms with Crippen LogP contribution in [0.15, 0.2) is 84.0 Å². The smallest absolute Gasteiger partial charge is 0.264 e. The quantitative estimate of drug-likeness (QED) is 0.193. The average molecular weight is 505 g/mol. The van der Waals surface area contributed by atoms with Crippen molar-refractivity contribution in [1.29, 1.82) is 0 Å². The van der Waals surface area contributed by atoms with Crippen LogP contribution in [0.1, 0.15) is 0 Å². The lowest BCUT2D eigenvalue weighted by Gasteiger charge is -2.16. The number of anilines is 3. The second-order valence-corrected chi connectivity index (χ2v) is 9.42.